The van der Waals surface area contributed by atoms with Crippen LogP contribution in [0.25, 0.3) is 10.9 Å². The Morgan fingerprint density at radius 3 is 2.53 bits per heavy atom. The van der Waals surface area contributed by atoms with Gasteiger partial charge in [-0.2, -0.15) is 4.37 Å². The van der Waals surface area contributed by atoms with Crippen molar-refractivity contribution >= 4 is 38.4 Å². The third-order valence-corrected chi connectivity index (χ3v) is 4.98. The number of aryl methyl sites for hydroxylation is 2. The summed E-state index contributed by atoms with van der Waals surface area (Å²) >= 11 is 4.96. The van der Waals surface area contributed by atoms with Crippen molar-refractivity contribution in [2.24, 2.45) is 0 Å². The van der Waals surface area contributed by atoms with E-state index in [1.807, 2.05) is 36.4 Å². The first-order chi connectivity index (χ1) is 9.15. The molecule has 0 N–H and O–H groups in total. The summed E-state index contributed by atoms with van der Waals surface area (Å²) < 4.78 is 11.5. The van der Waals surface area contributed by atoms with Gasteiger partial charge in [-0.05, 0) is 49.2 Å². The van der Waals surface area contributed by atoms with Gasteiger partial charge in [-0.3, -0.25) is 0 Å². The molecule has 0 unspecified atom stereocenters. The van der Waals surface area contributed by atoms with Crippen LogP contribution in [0.4, 0.5) is 0 Å². The van der Waals surface area contributed by atoms with Crippen molar-refractivity contribution < 1.29 is 4.74 Å². The second-order valence-corrected chi connectivity index (χ2v) is 5.99. The van der Waals surface area contributed by atoms with Gasteiger partial charge in [0.2, 0.25) is 5.06 Å². The predicted octanol–water partition coefficient (Wildman–Crippen LogP) is 5.47. The summed E-state index contributed by atoms with van der Waals surface area (Å²) in [7, 11) is 0. The van der Waals surface area contributed by atoms with E-state index in [0.29, 0.717) is 0 Å². The van der Waals surface area contributed by atoms with Gasteiger partial charge in [0.1, 0.15) is 5.75 Å². The van der Waals surface area contributed by atoms with Gasteiger partial charge < -0.3 is 4.74 Å². The van der Waals surface area contributed by atoms with E-state index in [1.54, 1.807) is 0 Å². The molecule has 4 heteroatoms. The molecule has 3 rings (SSSR count). The maximum atomic E-state index is 5.98. The highest BCUT2D eigenvalue weighted by atomic mass is 79.9. The molecule has 1 heterocycles. The first-order valence-electron chi connectivity index (χ1n) is 5.94. The van der Waals surface area contributed by atoms with Crippen LogP contribution in [0, 0.1) is 13.8 Å². The molecule has 2 aromatic carbocycles. The van der Waals surface area contributed by atoms with Crippen LogP contribution in [0.1, 0.15) is 11.1 Å². The van der Waals surface area contributed by atoms with Crippen LogP contribution in [0.2, 0.25) is 0 Å². The summed E-state index contributed by atoms with van der Waals surface area (Å²) in [5.74, 6) is 0.854. The fourth-order valence-corrected chi connectivity index (χ4v) is 2.99. The fraction of sp³-hybridized carbons (Fsp3) is 0.133. The number of halogens is 1. The summed E-state index contributed by atoms with van der Waals surface area (Å²) in [6, 6.07) is 12.1. The Morgan fingerprint density at radius 1 is 1.11 bits per heavy atom. The average Bonchev–Trinajstić information content (AvgIpc) is 2.79. The minimum atomic E-state index is 0.844. The SMILES string of the molecule is Cc1cc(Oc2snc3ccccc23)cc(C)c1Br. The summed E-state index contributed by atoms with van der Waals surface area (Å²) in [4.78, 5) is 0. The van der Waals surface area contributed by atoms with Crippen molar-refractivity contribution in [1.82, 2.24) is 4.37 Å². The van der Waals surface area contributed by atoms with E-state index in [0.717, 1.165) is 26.2 Å². The number of hydrogen-bond acceptors (Lipinski definition) is 3. The van der Waals surface area contributed by atoms with Gasteiger partial charge in [0.05, 0.1) is 10.9 Å². The smallest absolute Gasteiger partial charge is 0.207 e. The summed E-state index contributed by atoms with van der Waals surface area (Å²) in [6.07, 6.45) is 0. The quantitative estimate of drug-likeness (QED) is 0.620. The number of nitrogens with zero attached hydrogens (tertiary/aromatic N) is 1. The third-order valence-electron chi connectivity index (χ3n) is 2.97. The van der Waals surface area contributed by atoms with E-state index < -0.39 is 0 Å². The van der Waals surface area contributed by atoms with Crippen LogP contribution < -0.4 is 4.74 Å². The lowest BCUT2D eigenvalue weighted by molar-refractivity contribution is 0.500. The van der Waals surface area contributed by atoms with Crippen LogP contribution in [-0.2, 0) is 0 Å². The van der Waals surface area contributed by atoms with Gasteiger partial charge in [-0.25, -0.2) is 0 Å². The van der Waals surface area contributed by atoms with Gasteiger partial charge in [0, 0.05) is 16.0 Å². The van der Waals surface area contributed by atoms with Gasteiger partial charge in [-0.15, -0.1) is 0 Å². The van der Waals surface area contributed by atoms with Crippen LogP contribution in [0.15, 0.2) is 40.9 Å². The minimum Gasteiger partial charge on any atom is -0.444 e. The highest BCUT2D eigenvalue weighted by Crippen LogP contribution is 2.35. The fourth-order valence-electron chi connectivity index (χ4n) is 2.01. The molecule has 0 aliphatic rings. The monoisotopic (exact) mass is 333 g/mol. The lowest BCUT2D eigenvalue weighted by Gasteiger charge is -2.08. The van der Waals surface area contributed by atoms with Gasteiger partial charge in [0.25, 0.3) is 0 Å². The molecule has 0 atom stereocenters. The zero-order valence-electron chi connectivity index (χ0n) is 10.6. The normalized spacial score (nSPS) is 10.9. The van der Waals surface area contributed by atoms with E-state index in [4.69, 9.17) is 4.74 Å². The van der Waals surface area contributed by atoms with Crippen molar-refractivity contribution in [2.45, 2.75) is 13.8 Å². The Kier molecular flexibility index (Phi) is 3.29. The second-order valence-electron chi connectivity index (χ2n) is 4.46. The highest BCUT2D eigenvalue weighted by Gasteiger charge is 2.09. The Bertz CT molecular complexity index is 728. The minimum absolute atomic E-state index is 0.844. The highest BCUT2D eigenvalue weighted by molar-refractivity contribution is 9.10. The predicted molar refractivity (Wildman–Crippen MR) is 83.3 cm³/mol. The Balaban J connectivity index is 2.01. The lowest BCUT2D eigenvalue weighted by Crippen LogP contribution is -1.87. The Hall–Kier alpha value is -1.39. The first kappa shape index (κ1) is 12.6. The van der Waals surface area contributed by atoms with Crippen molar-refractivity contribution in [3.63, 3.8) is 0 Å². The molecule has 0 radical (unpaired) electrons. The molecule has 0 fully saturated rings. The molecule has 19 heavy (non-hydrogen) atoms. The van der Waals surface area contributed by atoms with Crippen molar-refractivity contribution in [3.05, 3.63) is 52.0 Å². The van der Waals surface area contributed by atoms with E-state index in [9.17, 15) is 0 Å². The molecule has 96 valence electrons. The number of hydrogen-bond donors (Lipinski definition) is 0. The molecule has 0 amide bonds. The zero-order chi connectivity index (χ0) is 13.4. The number of benzene rings is 2. The largest absolute Gasteiger partial charge is 0.444 e. The molecular formula is C15H12BrNOS. The molecule has 0 aliphatic carbocycles. The molecule has 0 saturated carbocycles. The van der Waals surface area contributed by atoms with Crippen LogP contribution in [0.3, 0.4) is 0 Å². The standard InChI is InChI=1S/C15H12BrNOS/c1-9-7-11(8-10(2)14(9)16)18-15-12-5-3-4-6-13(12)17-19-15/h3-8H,1-2H3. The van der Waals surface area contributed by atoms with Crippen molar-refractivity contribution in [1.29, 1.82) is 0 Å². The Labute approximate surface area is 124 Å². The zero-order valence-corrected chi connectivity index (χ0v) is 13.0. The van der Waals surface area contributed by atoms with Crippen LogP contribution >= 0.6 is 27.5 Å². The van der Waals surface area contributed by atoms with E-state index >= 15 is 0 Å². The average molecular weight is 334 g/mol. The number of fused-ring (bicyclic) bond motifs is 1. The van der Waals surface area contributed by atoms with E-state index in [2.05, 4.69) is 34.2 Å². The van der Waals surface area contributed by atoms with Gasteiger partial charge in [0.15, 0.2) is 0 Å². The van der Waals surface area contributed by atoms with E-state index in [-0.39, 0.29) is 0 Å². The van der Waals surface area contributed by atoms with E-state index in [1.165, 1.54) is 22.7 Å². The maximum absolute atomic E-state index is 5.98. The van der Waals surface area contributed by atoms with Gasteiger partial charge >= 0.3 is 0 Å². The topological polar surface area (TPSA) is 22.1 Å². The molecule has 2 nitrogen and oxygen atoms in total. The second kappa shape index (κ2) is 4.94. The number of rotatable bonds is 2. The number of ether oxygens (including phenoxy) is 1. The summed E-state index contributed by atoms with van der Waals surface area (Å²) in [6.45, 7) is 4.13. The molecule has 1 aromatic heterocycles. The van der Waals surface area contributed by atoms with Crippen molar-refractivity contribution in [3.8, 4) is 10.8 Å². The number of aromatic nitrogens is 1. The molecule has 0 bridgehead atoms. The molecule has 0 saturated heterocycles. The van der Waals surface area contributed by atoms with Crippen LogP contribution in [0.5, 0.6) is 10.8 Å². The van der Waals surface area contributed by atoms with Crippen LogP contribution in [-0.4, -0.2) is 4.37 Å². The third kappa shape index (κ3) is 2.38. The van der Waals surface area contributed by atoms with Crippen molar-refractivity contribution in [2.75, 3.05) is 0 Å². The molecule has 3 aromatic rings. The Morgan fingerprint density at radius 2 is 1.79 bits per heavy atom. The first-order valence-corrected chi connectivity index (χ1v) is 7.51. The maximum Gasteiger partial charge on any atom is 0.207 e. The molecule has 0 spiro atoms. The lowest BCUT2D eigenvalue weighted by atomic mass is 10.1. The summed E-state index contributed by atoms with van der Waals surface area (Å²) in [5.41, 5.74) is 3.32. The summed E-state index contributed by atoms with van der Waals surface area (Å²) in [5, 5.41) is 1.91. The molecular weight excluding hydrogens is 322 g/mol. The molecule has 0 aliphatic heterocycles. The van der Waals surface area contributed by atoms with Gasteiger partial charge in [-0.1, -0.05) is 28.1 Å².